The van der Waals surface area contributed by atoms with E-state index in [-0.39, 0.29) is 12.5 Å². The number of thioether (sulfide) groups is 1. The summed E-state index contributed by atoms with van der Waals surface area (Å²) in [5.41, 5.74) is 0.292. The molecule has 0 aliphatic carbocycles. The van der Waals surface area contributed by atoms with E-state index in [4.69, 9.17) is 0 Å². The maximum Gasteiger partial charge on any atom is 0.258 e. The second kappa shape index (κ2) is 6.54. The van der Waals surface area contributed by atoms with Gasteiger partial charge >= 0.3 is 0 Å². The number of aromatic nitrogens is 2. The Bertz CT molecular complexity index is 498. The van der Waals surface area contributed by atoms with E-state index in [1.54, 1.807) is 18.7 Å². The van der Waals surface area contributed by atoms with Crippen molar-refractivity contribution in [3.63, 3.8) is 0 Å². The molecule has 1 N–H and O–H groups in total. The molecule has 1 amide bonds. The Morgan fingerprint density at radius 3 is 2.40 bits per heavy atom. The van der Waals surface area contributed by atoms with Crippen LogP contribution >= 0.6 is 11.8 Å². The minimum Gasteiger partial charge on any atom is -0.389 e. The fraction of sp³-hybridized carbons (Fsp3) is 0.643. The highest BCUT2D eigenvalue weighted by Gasteiger charge is 2.26. The van der Waals surface area contributed by atoms with E-state index < -0.39 is 5.60 Å². The Balaban J connectivity index is 3.19. The first-order valence-corrected chi connectivity index (χ1v) is 7.83. The zero-order chi connectivity index (χ0) is 15.5. The zero-order valence-corrected chi connectivity index (χ0v) is 13.8. The highest BCUT2D eigenvalue weighted by atomic mass is 32.2. The third-order valence-corrected chi connectivity index (χ3v) is 3.50. The molecule has 0 atom stereocenters. The number of likely N-dealkylation sites (N-methyl/N-ethyl adjacent to an activating group) is 1. The van der Waals surface area contributed by atoms with Gasteiger partial charge < -0.3 is 10.0 Å². The van der Waals surface area contributed by atoms with Crippen LogP contribution in [0.3, 0.4) is 0 Å². The van der Waals surface area contributed by atoms with Gasteiger partial charge in [-0.15, -0.1) is 11.8 Å². The van der Waals surface area contributed by atoms with E-state index in [1.807, 2.05) is 27.0 Å². The first-order chi connectivity index (χ1) is 9.19. The Kier molecular flexibility index (Phi) is 5.53. The van der Waals surface area contributed by atoms with Gasteiger partial charge in [-0.25, -0.2) is 9.97 Å². The minimum atomic E-state index is -0.926. The molecule has 1 heterocycles. The Labute approximate surface area is 124 Å². The van der Waals surface area contributed by atoms with Crippen LogP contribution in [0.4, 0.5) is 0 Å². The summed E-state index contributed by atoms with van der Waals surface area (Å²) in [5.74, 6) is 0.533. The molecule has 5 nitrogen and oxygen atoms in total. The van der Waals surface area contributed by atoms with E-state index >= 15 is 0 Å². The highest BCUT2D eigenvalue weighted by molar-refractivity contribution is 7.98. The molecule has 0 bridgehead atoms. The van der Waals surface area contributed by atoms with E-state index in [0.717, 1.165) is 0 Å². The number of amides is 1. The minimum absolute atomic E-state index is 0.128. The summed E-state index contributed by atoms with van der Waals surface area (Å²) in [5, 5.41) is 10.6. The summed E-state index contributed by atoms with van der Waals surface area (Å²) in [4.78, 5) is 22.9. The van der Waals surface area contributed by atoms with Crippen LogP contribution in [0.5, 0.6) is 0 Å². The average Bonchev–Trinajstić information content (AvgIpc) is 2.33. The summed E-state index contributed by atoms with van der Waals surface area (Å²) < 4.78 is 0. The van der Waals surface area contributed by atoms with Gasteiger partial charge in [-0.05, 0) is 40.9 Å². The Hall–Kier alpha value is -1.14. The first-order valence-electron chi connectivity index (χ1n) is 6.60. The van der Waals surface area contributed by atoms with Gasteiger partial charge in [-0.3, -0.25) is 4.79 Å². The molecule has 0 saturated carbocycles. The van der Waals surface area contributed by atoms with Crippen LogP contribution in [-0.2, 0) is 0 Å². The molecule has 20 heavy (non-hydrogen) atoms. The molecule has 0 radical (unpaired) electrons. The van der Waals surface area contributed by atoms with Crippen LogP contribution in [0.2, 0.25) is 0 Å². The van der Waals surface area contributed by atoms with Crippen molar-refractivity contribution in [2.45, 2.75) is 45.2 Å². The largest absolute Gasteiger partial charge is 0.389 e. The van der Waals surface area contributed by atoms with Crippen molar-refractivity contribution in [3.05, 3.63) is 17.1 Å². The zero-order valence-electron chi connectivity index (χ0n) is 13.0. The number of nitrogens with zero attached hydrogens (tertiary/aromatic N) is 3. The lowest BCUT2D eigenvalue weighted by molar-refractivity contribution is 0.0311. The maximum atomic E-state index is 12.7. The van der Waals surface area contributed by atoms with Gasteiger partial charge in [-0.2, -0.15) is 0 Å². The first kappa shape index (κ1) is 16.9. The number of carbonyl (C=O) groups is 1. The lowest BCUT2D eigenvalue weighted by Crippen LogP contribution is -2.42. The van der Waals surface area contributed by atoms with Gasteiger partial charge in [0.1, 0.15) is 10.9 Å². The predicted molar refractivity (Wildman–Crippen MR) is 81.2 cm³/mol. The number of aliphatic hydroxyl groups is 1. The van der Waals surface area contributed by atoms with E-state index in [0.29, 0.717) is 28.7 Å². The summed E-state index contributed by atoms with van der Waals surface area (Å²) >= 11 is 1.44. The fourth-order valence-electron chi connectivity index (χ4n) is 2.03. The third kappa shape index (κ3) is 4.18. The van der Waals surface area contributed by atoms with Gasteiger partial charge in [0.2, 0.25) is 0 Å². The molecule has 6 heteroatoms. The standard InChI is InChI=1S/C14H23N3O2S/c1-7-17(8-14(4,5)19)13(18)11-9(2)15-10(3)16-12(11)20-6/h19H,7-8H2,1-6H3. The van der Waals surface area contributed by atoms with Gasteiger partial charge in [-0.1, -0.05) is 0 Å². The summed E-state index contributed by atoms with van der Waals surface area (Å²) in [6.45, 7) is 9.73. The average molecular weight is 297 g/mol. The molecule has 0 aliphatic rings. The summed E-state index contributed by atoms with van der Waals surface area (Å²) in [6, 6.07) is 0. The summed E-state index contributed by atoms with van der Waals surface area (Å²) in [6.07, 6.45) is 1.89. The van der Waals surface area contributed by atoms with Crippen molar-refractivity contribution < 1.29 is 9.90 Å². The van der Waals surface area contributed by atoms with Crippen LogP contribution < -0.4 is 0 Å². The van der Waals surface area contributed by atoms with Crippen molar-refractivity contribution in [1.82, 2.24) is 14.9 Å². The van der Waals surface area contributed by atoms with E-state index in [1.165, 1.54) is 11.8 Å². The normalized spacial score (nSPS) is 11.6. The molecule has 0 aliphatic heterocycles. The third-order valence-electron chi connectivity index (χ3n) is 2.82. The SMILES string of the molecule is CCN(CC(C)(C)O)C(=O)c1c(C)nc(C)nc1SC. The molecule has 1 aromatic rings. The number of aryl methyl sites for hydroxylation is 2. The number of hydrogen-bond acceptors (Lipinski definition) is 5. The van der Waals surface area contributed by atoms with Crippen molar-refractivity contribution in [2.24, 2.45) is 0 Å². The van der Waals surface area contributed by atoms with Crippen LogP contribution in [0.15, 0.2) is 5.03 Å². The van der Waals surface area contributed by atoms with Crippen molar-refractivity contribution in [2.75, 3.05) is 19.3 Å². The molecule has 0 saturated heterocycles. The van der Waals surface area contributed by atoms with Crippen LogP contribution in [0, 0.1) is 13.8 Å². The molecular weight excluding hydrogens is 274 g/mol. The molecule has 0 fully saturated rings. The Morgan fingerprint density at radius 2 is 1.95 bits per heavy atom. The van der Waals surface area contributed by atoms with Gasteiger partial charge in [0, 0.05) is 13.1 Å². The molecule has 0 aromatic carbocycles. The van der Waals surface area contributed by atoms with Crippen LogP contribution in [-0.4, -0.2) is 50.8 Å². The molecule has 0 unspecified atom stereocenters. The van der Waals surface area contributed by atoms with Crippen LogP contribution in [0.1, 0.15) is 42.6 Å². The van der Waals surface area contributed by atoms with Crippen molar-refractivity contribution in [3.8, 4) is 0 Å². The number of carbonyl (C=O) groups excluding carboxylic acids is 1. The molecule has 1 aromatic heterocycles. The lowest BCUT2D eigenvalue weighted by Gasteiger charge is -2.28. The predicted octanol–water partition coefficient (Wildman–Crippen LogP) is 2.05. The van der Waals surface area contributed by atoms with Crippen LogP contribution in [0.25, 0.3) is 0 Å². The number of hydrogen-bond donors (Lipinski definition) is 1. The number of rotatable bonds is 5. The molecular formula is C14H23N3O2S. The van der Waals surface area contributed by atoms with Gasteiger partial charge in [0.25, 0.3) is 5.91 Å². The molecule has 0 spiro atoms. The quantitative estimate of drug-likeness (QED) is 0.665. The van der Waals surface area contributed by atoms with E-state index in [2.05, 4.69) is 9.97 Å². The highest BCUT2D eigenvalue weighted by Crippen LogP contribution is 2.22. The van der Waals surface area contributed by atoms with Crippen molar-refractivity contribution in [1.29, 1.82) is 0 Å². The second-order valence-corrected chi connectivity index (χ2v) is 6.17. The van der Waals surface area contributed by atoms with Crippen molar-refractivity contribution >= 4 is 17.7 Å². The smallest absolute Gasteiger partial charge is 0.258 e. The lowest BCUT2D eigenvalue weighted by atomic mass is 10.1. The summed E-state index contributed by atoms with van der Waals surface area (Å²) in [7, 11) is 0. The molecule has 1 rings (SSSR count). The van der Waals surface area contributed by atoms with Gasteiger partial charge in [0.15, 0.2) is 0 Å². The van der Waals surface area contributed by atoms with Gasteiger partial charge in [0.05, 0.1) is 16.9 Å². The molecule has 112 valence electrons. The Morgan fingerprint density at radius 1 is 1.35 bits per heavy atom. The van der Waals surface area contributed by atoms with E-state index in [9.17, 15) is 9.90 Å². The maximum absolute atomic E-state index is 12.7. The fourth-order valence-corrected chi connectivity index (χ4v) is 2.69. The topological polar surface area (TPSA) is 66.3 Å². The second-order valence-electron chi connectivity index (χ2n) is 5.37. The monoisotopic (exact) mass is 297 g/mol.